The van der Waals surface area contributed by atoms with E-state index >= 15 is 0 Å². The Morgan fingerprint density at radius 1 is 1.26 bits per heavy atom. The number of rotatable bonds is 4. The van der Waals surface area contributed by atoms with Crippen molar-refractivity contribution >= 4 is 16.8 Å². The molecule has 0 atom stereocenters. The van der Waals surface area contributed by atoms with Gasteiger partial charge in [-0.05, 0) is 61.1 Å². The van der Waals surface area contributed by atoms with Crippen molar-refractivity contribution < 1.29 is 9.18 Å². The lowest BCUT2D eigenvalue weighted by atomic mass is 9.86. The molecule has 1 fully saturated rings. The highest BCUT2D eigenvalue weighted by Gasteiger charge is 2.28. The van der Waals surface area contributed by atoms with E-state index in [2.05, 4.69) is 9.97 Å². The number of likely N-dealkylation sites (tertiary alicyclic amines) is 1. The molecule has 3 heterocycles. The fraction of sp³-hybridized carbons (Fsp3) is 0.364. The zero-order valence-electron chi connectivity index (χ0n) is 15.5. The lowest BCUT2D eigenvalue weighted by Gasteiger charge is -2.32. The second-order valence-electron chi connectivity index (χ2n) is 7.22. The van der Waals surface area contributed by atoms with E-state index < -0.39 is 0 Å². The highest BCUT2D eigenvalue weighted by atomic mass is 19.1. The van der Waals surface area contributed by atoms with Crippen molar-refractivity contribution in [3.05, 3.63) is 54.0 Å². The predicted octanol–water partition coefficient (Wildman–Crippen LogP) is 4.88. The van der Waals surface area contributed by atoms with Crippen LogP contribution in [0.3, 0.4) is 0 Å². The fourth-order valence-corrected chi connectivity index (χ4v) is 4.12. The Morgan fingerprint density at radius 2 is 2.07 bits per heavy atom. The van der Waals surface area contributed by atoms with Crippen molar-refractivity contribution in [1.29, 1.82) is 0 Å². The highest BCUT2D eigenvalue weighted by molar-refractivity contribution is 5.91. The standard InChI is InChI=1S/C22H24FN3O/c1-2-5-20(27)26-12-9-15(10-13-26)21-17-8-7-16(23)14-19(17)25-22(21)18-6-3-4-11-24-18/h3-4,6-8,11,14-15,25H,2,5,9-10,12-13H2,1H3. The number of H-pyrrole nitrogens is 1. The van der Waals surface area contributed by atoms with Crippen LogP contribution in [0, 0.1) is 5.82 Å². The number of piperidine rings is 1. The number of carbonyl (C=O) groups excluding carboxylic acids is 1. The molecule has 4 rings (SSSR count). The van der Waals surface area contributed by atoms with Gasteiger partial charge in [-0.15, -0.1) is 0 Å². The van der Waals surface area contributed by atoms with Crippen LogP contribution in [0.15, 0.2) is 42.6 Å². The zero-order valence-corrected chi connectivity index (χ0v) is 15.5. The van der Waals surface area contributed by atoms with Gasteiger partial charge in [0.2, 0.25) is 5.91 Å². The molecule has 1 aliphatic rings. The van der Waals surface area contributed by atoms with E-state index in [4.69, 9.17) is 0 Å². The Balaban J connectivity index is 1.70. The number of nitrogens with one attached hydrogen (secondary N) is 1. The number of nitrogens with zero attached hydrogens (tertiary/aromatic N) is 2. The summed E-state index contributed by atoms with van der Waals surface area (Å²) in [6.07, 6.45) is 5.11. The average Bonchev–Trinajstić information content (AvgIpc) is 3.07. The summed E-state index contributed by atoms with van der Waals surface area (Å²) in [6.45, 7) is 3.59. The summed E-state index contributed by atoms with van der Waals surface area (Å²) >= 11 is 0. The first-order valence-electron chi connectivity index (χ1n) is 9.67. The van der Waals surface area contributed by atoms with Crippen molar-refractivity contribution in [2.24, 2.45) is 0 Å². The number of aromatic nitrogens is 2. The van der Waals surface area contributed by atoms with Crippen LogP contribution in [-0.2, 0) is 4.79 Å². The molecular formula is C22H24FN3O. The molecule has 0 aliphatic carbocycles. The van der Waals surface area contributed by atoms with Crippen LogP contribution < -0.4 is 0 Å². The molecule has 1 aliphatic heterocycles. The summed E-state index contributed by atoms with van der Waals surface area (Å²) in [6, 6.07) is 10.8. The minimum Gasteiger partial charge on any atom is -0.353 e. The maximum Gasteiger partial charge on any atom is 0.222 e. The van der Waals surface area contributed by atoms with Crippen molar-refractivity contribution in [2.75, 3.05) is 13.1 Å². The van der Waals surface area contributed by atoms with Crippen molar-refractivity contribution in [2.45, 2.75) is 38.5 Å². The number of halogens is 1. The van der Waals surface area contributed by atoms with Gasteiger partial charge in [0.05, 0.1) is 11.4 Å². The minimum absolute atomic E-state index is 0.247. The second-order valence-corrected chi connectivity index (χ2v) is 7.22. The van der Waals surface area contributed by atoms with Gasteiger partial charge in [-0.3, -0.25) is 9.78 Å². The summed E-state index contributed by atoms with van der Waals surface area (Å²) in [7, 11) is 0. The summed E-state index contributed by atoms with van der Waals surface area (Å²) < 4.78 is 13.8. The molecular weight excluding hydrogens is 341 g/mol. The first kappa shape index (κ1) is 17.7. The first-order valence-corrected chi connectivity index (χ1v) is 9.67. The van der Waals surface area contributed by atoms with E-state index in [1.54, 1.807) is 12.3 Å². The highest BCUT2D eigenvalue weighted by Crippen LogP contribution is 2.39. The van der Waals surface area contributed by atoms with E-state index in [1.807, 2.05) is 36.1 Å². The number of carbonyl (C=O) groups is 1. The Kier molecular flexibility index (Phi) is 4.92. The van der Waals surface area contributed by atoms with Gasteiger partial charge in [-0.2, -0.15) is 0 Å². The molecule has 27 heavy (non-hydrogen) atoms. The Bertz CT molecular complexity index is 943. The third-order valence-corrected chi connectivity index (χ3v) is 5.44. The molecule has 0 unspecified atom stereocenters. The van der Waals surface area contributed by atoms with Crippen molar-refractivity contribution in [1.82, 2.24) is 14.9 Å². The van der Waals surface area contributed by atoms with Crippen LogP contribution in [0.5, 0.6) is 0 Å². The molecule has 0 saturated carbocycles. The topological polar surface area (TPSA) is 49.0 Å². The Hall–Kier alpha value is -2.69. The van der Waals surface area contributed by atoms with Gasteiger partial charge in [0.15, 0.2) is 0 Å². The zero-order chi connectivity index (χ0) is 18.8. The van der Waals surface area contributed by atoms with Gasteiger partial charge < -0.3 is 9.88 Å². The molecule has 5 heteroatoms. The van der Waals surface area contributed by atoms with E-state index in [0.717, 1.165) is 54.6 Å². The monoisotopic (exact) mass is 365 g/mol. The van der Waals surface area contributed by atoms with Crippen LogP contribution in [-0.4, -0.2) is 33.9 Å². The maximum atomic E-state index is 13.8. The molecule has 0 radical (unpaired) electrons. The van der Waals surface area contributed by atoms with Crippen LogP contribution in [0.2, 0.25) is 0 Å². The lowest BCUT2D eigenvalue weighted by Crippen LogP contribution is -2.37. The Labute approximate surface area is 158 Å². The number of hydrogen-bond acceptors (Lipinski definition) is 2. The molecule has 0 bridgehead atoms. The number of fused-ring (bicyclic) bond motifs is 1. The fourth-order valence-electron chi connectivity index (χ4n) is 4.12. The molecule has 140 valence electrons. The summed E-state index contributed by atoms with van der Waals surface area (Å²) in [5, 5.41) is 1.05. The summed E-state index contributed by atoms with van der Waals surface area (Å²) in [4.78, 5) is 22.1. The molecule has 1 amide bonds. The third-order valence-electron chi connectivity index (χ3n) is 5.44. The van der Waals surface area contributed by atoms with Gasteiger partial charge in [0.25, 0.3) is 0 Å². The minimum atomic E-state index is -0.247. The van der Waals surface area contributed by atoms with Crippen LogP contribution in [0.4, 0.5) is 4.39 Å². The van der Waals surface area contributed by atoms with E-state index in [9.17, 15) is 9.18 Å². The molecule has 3 aromatic rings. The molecule has 0 spiro atoms. The number of hydrogen-bond donors (Lipinski definition) is 1. The largest absolute Gasteiger partial charge is 0.353 e. The van der Waals surface area contributed by atoms with Gasteiger partial charge in [-0.1, -0.05) is 13.0 Å². The quantitative estimate of drug-likeness (QED) is 0.717. The van der Waals surface area contributed by atoms with Gasteiger partial charge in [0, 0.05) is 36.6 Å². The number of benzene rings is 1. The van der Waals surface area contributed by atoms with Gasteiger partial charge in [-0.25, -0.2) is 4.39 Å². The lowest BCUT2D eigenvalue weighted by molar-refractivity contribution is -0.132. The van der Waals surface area contributed by atoms with E-state index in [0.29, 0.717) is 12.3 Å². The van der Waals surface area contributed by atoms with Crippen LogP contribution >= 0.6 is 0 Å². The molecule has 1 aromatic carbocycles. The smallest absolute Gasteiger partial charge is 0.222 e. The van der Waals surface area contributed by atoms with Crippen LogP contribution in [0.25, 0.3) is 22.3 Å². The normalized spacial score (nSPS) is 15.4. The van der Waals surface area contributed by atoms with Crippen molar-refractivity contribution in [3.63, 3.8) is 0 Å². The first-order chi connectivity index (χ1) is 13.2. The summed E-state index contributed by atoms with van der Waals surface area (Å²) in [5.74, 6) is 0.330. The third kappa shape index (κ3) is 3.46. The molecule has 4 nitrogen and oxygen atoms in total. The second kappa shape index (κ2) is 7.51. The average molecular weight is 365 g/mol. The molecule has 1 saturated heterocycles. The predicted molar refractivity (Wildman–Crippen MR) is 105 cm³/mol. The summed E-state index contributed by atoms with van der Waals surface area (Å²) in [5.41, 5.74) is 3.84. The van der Waals surface area contributed by atoms with E-state index in [1.165, 1.54) is 11.6 Å². The SMILES string of the molecule is CCCC(=O)N1CCC(c2c(-c3ccccn3)[nH]c3cc(F)ccc23)CC1. The Morgan fingerprint density at radius 3 is 2.78 bits per heavy atom. The van der Waals surface area contributed by atoms with Crippen molar-refractivity contribution in [3.8, 4) is 11.4 Å². The number of aromatic amines is 1. The maximum absolute atomic E-state index is 13.8. The van der Waals surface area contributed by atoms with Crippen LogP contribution in [0.1, 0.15) is 44.1 Å². The number of amides is 1. The number of pyridine rings is 1. The molecule has 2 aromatic heterocycles. The van der Waals surface area contributed by atoms with Gasteiger partial charge >= 0.3 is 0 Å². The van der Waals surface area contributed by atoms with E-state index in [-0.39, 0.29) is 11.7 Å². The molecule has 1 N–H and O–H groups in total. The van der Waals surface area contributed by atoms with Gasteiger partial charge in [0.1, 0.15) is 5.82 Å².